The second-order valence-electron chi connectivity index (χ2n) is 18.5. The molecule has 0 saturated carbocycles. The van der Waals surface area contributed by atoms with Gasteiger partial charge in [0.05, 0.1) is 32.2 Å². The Hall–Kier alpha value is -9.21. The monoisotopic (exact) mass is 1040 g/mol. The zero-order chi connectivity index (χ0) is 54.3. The van der Waals surface area contributed by atoms with Gasteiger partial charge in [0.15, 0.2) is 37.4 Å². The molecule has 0 spiro atoms. The van der Waals surface area contributed by atoms with Crippen LogP contribution in [0.4, 0.5) is 16.4 Å². The maximum Gasteiger partial charge on any atom is 0.413 e. The highest BCUT2D eigenvalue weighted by Crippen LogP contribution is 2.26. The number of nitrogens with zero attached hydrogens (tertiary/aromatic N) is 12. The van der Waals surface area contributed by atoms with E-state index in [0.717, 1.165) is 44.5 Å². The van der Waals surface area contributed by atoms with Gasteiger partial charge in [0, 0.05) is 69.0 Å². The topological polar surface area (TPSA) is 300 Å². The van der Waals surface area contributed by atoms with Crippen LogP contribution in [-0.2, 0) is 40.5 Å². The molecular formula is C53H48Cl2N16O4+2. The van der Waals surface area contributed by atoms with E-state index in [0.29, 0.717) is 54.9 Å². The number of hydrazone groups is 2. The highest BCUT2D eigenvalue weighted by Gasteiger charge is 2.36. The number of halogens is 2. The number of nitrogens with one attached hydrogen (secondary N) is 3. The number of hydrogen-bond acceptors (Lipinski definition) is 15. The van der Waals surface area contributed by atoms with Crippen molar-refractivity contribution in [1.82, 2.24) is 30.6 Å². The molecule has 0 radical (unpaired) electrons. The molecule has 0 fully saturated rings. The van der Waals surface area contributed by atoms with E-state index in [2.05, 4.69) is 58.2 Å². The molecule has 2 aliphatic rings. The van der Waals surface area contributed by atoms with E-state index in [4.69, 9.17) is 33.7 Å². The number of benzene rings is 2. The van der Waals surface area contributed by atoms with Crippen LogP contribution in [0.2, 0.25) is 10.0 Å². The van der Waals surface area contributed by atoms with Gasteiger partial charge in [0.1, 0.15) is 41.5 Å². The fourth-order valence-electron chi connectivity index (χ4n) is 8.32. The van der Waals surface area contributed by atoms with Crippen molar-refractivity contribution < 1.29 is 28.5 Å². The second-order valence-corrected chi connectivity index (χ2v) is 19.4. The summed E-state index contributed by atoms with van der Waals surface area (Å²) in [6.07, 6.45) is 5.55. The molecule has 6 aromatic rings. The van der Waals surface area contributed by atoms with Gasteiger partial charge in [-0.15, -0.1) is 0 Å². The number of carbonyl (C=O) groups is 3. The first kappa shape index (κ1) is 53.6. The molecule has 4 aromatic heterocycles. The number of nitrogen functional groups attached to an aromatic ring is 1. The highest BCUT2D eigenvalue weighted by atomic mass is 35.5. The number of nitrogens with two attached hydrogens (primary N) is 1. The molecule has 376 valence electrons. The summed E-state index contributed by atoms with van der Waals surface area (Å²) in [5.41, 5.74) is 13.4. The Kier molecular flexibility index (Phi) is 16.2. The molecule has 75 heavy (non-hydrogen) atoms. The third-order valence-corrected chi connectivity index (χ3v) is 12.1. The Labute approximate surface area is 441 Å². The van der Waals surface area contributed by atoms with Crippen LogP contribution < -0.4 is 21.7 Å². The van der Waals surface area contributed by atoms with Gasteiger partial charge in [-0.05, 0) is 119 Å². The van der Waals surface area contributed by atoms with Crippen LogP contribution in [0.1, 0.15) is 76.7 Å². The quantitative estimate of drug-likeness (QED) is 0.0928. The average Bonchev–Trinajstić information content (AvgIpc) is 3.95. The van der Waals surface area contributed by atoms with E-state index in [9.17, 15) is 35.4 Å². The van der Waals surface area contributed by atoms with Gasteiger partial charge in [-0.3, -0.25) is 24.9 Å². The van der Waals surface area contributed by atoms with Crippen molar-refractivity contribution in [1.29, 1.82) is 21.0 Å². The van der Waals surface area contributed by atoms with E-state index in [1.54, 1.807) is 76.5 Å². The fourth-order valence-corrected chi connectivity index (χ4v) is 8.65. The van der Waals surface area contributed by atoms with Crippen molar-refractivity contribution >= 4 is 98.4 Å². The molecule has 2 aromatic carbocycles. The van der Waals surface area contributed by atoms with Gasteiger partial charge in [-0.2, -0.15) is 21.0 Å². The van der Waals surface area contributed by atoms with Crippen molar-refractivity contribution in [2.45, 2.75) is 80.2 Å². The minimum Gasteiger partial charge on any atom is -0.444 e. The summed E-state index contributed by atoms with van der Waals surface area (Å²) in [7, 11) is 0. The maximum absolute atomic E-state index is 13.1. The SMILES string of the molecule is Cc1cc(N)nc(C)c1CNC(=O)C1C=[N+](Cc2cc(C#N)c3ncc(Cl)cc3c2)N=C1C#N.Cc1cc(NC(=O)OC(C)(C)C)nc(C)c1CNC(=O)C1C=[N+](Cc2cc(C#N)c3ncc(Cl)cc3c2)N=C1C#N. The van der Waals surface area contributed by atoms with E-state index >= 15 is 0 Å². The highest BCUT2D eigenvalue weighted by molar-refractivity contribution is 6.31. The van der Waals surface area contributed by atoms with E-state index in [-0.39, 0.29) is 43.5 Å². The van der Waals surface area contributed by atoms with E-state index < -0.39 is 29.4 Å². The van der Waals surface area contributed by atoms with Crippen LogP contribution in [0.15, 0.2) is 71.1 Å². The summed E-state index contributed by atoms with van der Waals surface area (Å²) in [6, 6.07) is 22.3. The van der Waals surface area contributed by atoms with Crippen LogP contribution >= 0.6 is 23.2 Å². The second kappa shape index (κ2) is 22.7. The predicted octanol–water partition coefficient (Wildman–Crippen LogP) is 7.29. The minimum absolute atomic E-state index is 0.0528. The summed E-state index contributed by atoms with van der Waals surface area (Å²) >= 11 is 12.1. The summed E-state index contributed by atoms with van der Waals surface area (Å²) in [5, 5.41) is 57.5. The lowest BCUT2D eigenvalue weighted by Gasteiger charge is -2.20. The zero-order valence-electron chi connectivity index (χ0n) is 41.7. The van der Waals surface area contributed by atoms with Gasteiger partial charge in [-0.25, -0.2) is 14.8 Å². The number of aryl methyl sites for hydroxylation is 4. The predicted molar refractivity (Wildman–Crippen MR) is 281 cm³/mol. The number of pyridine rings is 4. The van der Waals surface area contributed by atoms with Gasteiger partial charge in [0.2, 0.25) is 23.2 Å². The third kappa shape index (κ3) is 13.1. The third-order valence-electron chi connectivity index (χ3n) is 11.7. The van der Waals surface area contributed by atoms with Crippen LogP contribution in [0.25, 0.3) is 21.8 Å². The van der Waals surface area contributed by atoms with Crippen molar-refractivity contribution in [3.63, 3.8) is 0 Å². The molecule has 0 bridgehead atoms. The first-order chi connectivity index (χ1) is 35.6. The molecule has 6 heterocycles. The molecule has 2 aliphatic heterocycles. The van der Waals surface area contributed by atoms with Gasteiger partial charge < -0.3 is 21.1 Å². The Bertz CT molecular complexity index is 3620. The number of amides is 3. The Morgan fingerprint density at radius 3 is 1.53 bits per heavy atom. The van der Waals surface area contributed by atoms with Crippen molar-refractivity contribution in [2.75, 3.05) is 11.1 Å². The number of rotatable bonds is 11. The molecule has 22 heteroatoms. The number of fused-ring (bicyclic) bond motifs is 2. The standard InChI is InChI=1S/C29H27ClN8O3.C24H19ClN8O/c1-16-6-25(36-28(40)41-29(3,4)5)35-17(2)22(16)13-34-27(39)23-15-38(37-24(23)11-32)14-18-7-19-9-21(30)12-33-26(19)20(8-18)10-31;1-13-3-22(28)31-14(2)19(13)10-30-24(34)20-12-33(32-21(20)8-27)11-15-4-16-6-18(25)9-29-23(16)17(5-15)7-26/h6-9,12,15,23H,13-14H2,1-5H3,(H-,34,35,36,39,40);3-6,9,12,20H,10-11H2,1-2H3,(H2-,28,30,31,34)/p+2. The molecule has 5 N–H and O–H groups in total. The smallest absolute Gasteiger partial charge is 0.413 e. The lowest BCUT2D eigenvalue weighted by atomic mass is 10.0. The van der Waals surface area contributed by atoms with Crippen LogP contribution in [0.3, 0.4) is 0 Å². The van der Waals surface area contributed by atoms with Crippen molar-refractivity contribution in [3.05, 3.63) is 127 Å². The van der Waals surface area contributed by atoms with Crippen molar-refractivity contribution in [3.8, 4) is 24.3 Å². The number of nitriles is 4. The summed E-state index contributed by atoms with van der Waals surface area (Å²) in [4.78, 5) is 55.2. The number of carbonyl (C=O) groups excluding carboxylic acids is 3. The summed E-state index contributed by atoms with van der Waals surface area (Å²) < 4.78 is 8.32. The Morgan fingerprint density at radius 2 is 1.12 bits per heavy atom. The van der Waals surface area contributed by atoms with E-state index in [1.807, 2.05) is 45.0 Å². The van der Waals surface area contributed by atoms with Crippen LogP contribution in [0, 0.1) is 84.9 Å². The molecule has 0 aliphatic carbocycles. The van der Waals surface area contributed by atoms with Crippen LogP contribution in [-0.4, -0.2) is 76.7 Å². The number of hydrogen-bond donors (Lipinski definition) is 4. The largest absolute Gasteiger partial charge is 0.444 e. The lowest BCUT2D eigenvalue weighted by Crippen LogP contribution is -2.35. The molecule has 3 amide bonds. The van der Waals surface area contributed by atoms with Gasteiger partial charge >= 0.3 is 6.09 Å². The van der Waals surface area contributed by atoms with Gasteiger partial charge in [-0.1, -0.05) is 32.6 Å². The number of ether oxygens (including phenoxy) is 1. The molecule has 20 nitrogen and oxygen atoms in total. The molecular weight excluding hydrogens is 996 g/mol. The molecule has 0 saturated heterocycles. The Morgan fingerprint density at radius 1 is 0.667 bits per heavy atom. The summed E-state index contributed by atoms with van der Waals surface area (Å²) in [6.45, 7) is 13.6. The fraction of sp³-hybridized carbons (Fsp3) is 0.264. The molecule has 2 atom stereocenters. The van der Waals surface area contributed by atoms with Gasteiger partial charge in [0.25, 0.3) is 0 Å². The normalized spacial score (nSPS) is 14.6. The van der Waals surface area contributed by atoms with Crippen LogP contribution in [0.5, 0.6) is 0 Å². The first-order valence-electron chi connectivity index (χ1n) is 23.1. The number of aromatic nitrogens is 4. The Balaban J connectivity index is 0.000000222. The number of anilines is 2. The molecule has 2 unspecified atom stereocenters. The average molecular weight is 1040 g/mol. The molecule has 8 rings (SSSR count). The minimum atomic E-state index is -0.881. The lowest BCUT2D eigenvalue weighted by molar-refractivity contribution is -0.542. The van der Waals surface area contributed by atoms with E-state index in [1.165, 1.54) is 21.8 Å². The van der Waals surface area contributed by atoms with Crippen molar-refractivity contribution in [2.24, 2.45) is 22.0 Å². The summed E-state index contributed by atoms with van der Waals surface area (Å²) in [5.74, 6) is -1.67. The first-order valence-corrected chi connectivity index (χ1v) is 23.8. The zero-order valence-corrected chi connectivity index (χ0v) is 43.3. The maximum atomic E-state index is 13.1.